The van der Waals surface area contributed by atoms with Crippen molar-refractivity contribution in [2.45, 2.75) is 20.3 Å². The number of aromatic nitrogens is 1. The van der Waals surface area contributed by atoms with Gasteiger partial charge in [-0.1, -0.05) is 6.92 Å². The van der Waals surface area contributed by atoms with Crippen LogP contribution in [0, 0.1) is 17.0 Å². The van der Waals surface area contributed by atoms with Gasteiger partial charge in [-0.25, -0.2) is 4.98 Å². The van der Waals surface area contributed by atoms with Gasteiger partial charge in [0.15, 0.2) is 0 Å². The number of methoxy groups -OCH3 is 1. The Morgan fingerprint density at radius 1 is 1.58 bits per heavy atom. The third kappa shape index (κ3) is 3.90. The molecule has 1 rings (SSSR count). The Kier molecular flexibility index (Phi) is 5.23. The van der Waals surface area contributed by atoms with Gasteiger partial charge in [-0.2, -0.15) is 0 Å². The second-order valence-corrected chi connectivity index (χ2v) is 4.11. The molecule has 0 aliphatic heterocycles. The standard InChI is InChI=1S/C12H17N3O4/c1-4-5-14(8-11(16)19-3)12-10(15(17)18)6-9(2)7-13-12/h6-7H,4-5,8H2,1-3H3. The summed E-state index contributed by atoms with van der Waals surface area (Å²) in [5.41, 5.74) is 0.599. The molecule has 0 saturated carbocycles. The van der Waals surface area contributed by atoms with Crippen molar-refractivity contribution in [3.8, 4) is 0 Å². The van der Waals surface area contributed by atoms with Gasteiger partial charge in [0.1, 0.15) is 6.54 Å². The van der Waals surface area contributed by atoms with Crippen molar-refractivity contribution >= 4 is 17.5 Å². The predicted molar refractivity (Wildman–Crippen MR) is 70.1 cm³/mol. The fourth-order valence-electron chi connectivity index (χ4n) is 1.67. The molecule has 0 aliphatic carbocycles. The van der Waals surface area contributed by atoms with E-state index in [0.29, 0.717) is 12.1 Å². The molecular formula is C12H17N3O4. The second-order valence-electron chi connectivity index (χ2n) is 4.11. The molecule has 0 unspecified atom stereocenters. The minimum atomic E-state index is -0.491. The fraction of sp³-hybridized carbons (Fsp3) is 0.500. The van der Waals surface area contributed by atoms with E-state index >= 15 is 0 Å². The summed E-state index contributed by atoms with van der Waals surface area (Å²) < 4.78 is 4.59. The first-order chi connectivity index (χ1) is 8.99. The van der Waals surface area contributed by atoms with E-state index in [1.807, 2.05) is 6.92 Å². The van der Waals surface area contributed by atoms with Crippen LogP contribution in [-0.4, -0.2) is 36.1 Å². The smallest absolute Gasteiger partial charge is 0.325 e. The van der Waals surface area contributed by atoms with E-state index in [9.17, 15) is 14.9 Å². The number of nitro groups is 1. The molecule has 1 aromatic heterocycles. The molecule has 0 atom stereocenters. The van der Waals surface area contributed by atoms with Crippen molar-refractivity contribution in [1.29, 1.82) is 0 Å². The maximum atomic E-state index is 11.4. The first-order valence-corrected chi connectivity index (χ1v) is 5.92. The van der Waals surface area contributed by atoms with Crippen LogP contribution in [0.4, 0.5) is 11.5 Å². The molecule has 19 heavy (non-hydrogen) atoms. The van der Waals surface area contributed by atoms with Crippen LogP contribution >= 0.6 is 0 Å². The molecule has 7 heteroatoms. The van der Waals surface area contributed by atoms with Crippen LogP contribution in [0.25, 0.3) is 0 Å². The highest BCUT2D eigenvalue weighted by Gasteiger charge is 2.22. The van der Waals surface area contributed by atoms with Gasteiger partial charge in [0, 0.05) is 18.8 Å². The van der Waals surface area contributed by atoms with Crippen molar-refractivity contribution in [1.82, 2.24) is 4.98 Å². The molecule has 0 fully saturated rings. The number of ether oxygens (including phenoxy) is 1. The third-order valence-electron chi connectivity index (χ3n) is 2.52. The number of esters is 1. The van der Waals surface area contributed by atoms with E-state index < -0.39 is 10.9 Å². The zero-order valence-electron chi connectivity index (χ0n) is 11.3. The van der Waals surface area contributed by atoms with Gasteiger partial charge in [0.25, 0.3) is 0 Å². The van der Waals surface area contributed by atoms with Crippen molar-refractivity contribution in [2.24, 2.45) is 0 Å². The normalized spacial score (nSPS) is 10.1. The molecule has 0 saturated heterocycles. The lowest BCUT2D eigenvalue weighted by molar-refractivity contribution is -0.384. The molecule has 0 spiro atoms. The first-order valence-electron chi connectivity index (χ1n) is 5.92. The second kappa shape index (κ2) is 6.67. The zero-order chi connectivity index (χ0) is 14.4. The number of pyridine rings is 1. The molecule has 0 radical (unpaired) electrons. The van der Waals surface area contributed by atoms with Gasteiger partial charge >= 0.3 is 11.7 Å². The number of anilines is 1. The first kappa shape index (κ1) is 14.9. The number of rotatable bonds is 6. The Hall–Kier alpha value is -2.18. The Bertz CT molecular complexity index is 476. The lowest BCUT2D eigenvalue weighted by Gasteiger charge is -2.21. The highest BCUT2D eigenvalue weighted by molar-refractivity contribution is 5.76. The summed E-state index contributed by atoms with van der Waals surface area (Å²) in [5, 5.41) is 11.1. The summed E-state index contributed by atoms with van der Waals surface area (Å²) in [6.45, 7) is 4.09. The lowest BCUT2D eigenvalue weighted by Crippen LogP contribution is -2.32. The predicted octanol–water partition coefficient (Wildman–Crippen LogP) is 1.69. The van der Waals surface area contributed by atoms with E-state index in [1.165, 1.54) is 13.2 Å². The Morgan fingerprint density at radius 2 is 2.26 bits per heavy atom. The number of carbonyl (C=O) groups is 1. The van der Waals surface area contributed by atoms with E-state index in [1.54, 1.807) is 18.0 Å². The quantitative estimate of drug-likeness (QED) is 0.443. The molecule has 0 bridgehead atoms. The summed E-state index contributed by atoms with van der Waals surface area (Å²) in [6, 6.07) is 1.45. The summed E-state index contributed by atoms with van der Waals surface area (Å²) in [6.07, 6.45) is 2.28. The van der Waals surface area contributed by atoms with Gasteiger partial charge in [0.05, 0.1) is 12.0 Å². The summed E-state index contributed by atoms with van der Waals surface area (Å²) in [7, 11) is 1.28. The maximum Gasteiger partial charge on any atom is 0.325 e. The van der Waals surface area contributed by atoms with Gasteiger partial charge in [0.2, 0.25) is 5.82 Å². The largest absolute Gasteiger partial charge is 0.468 e. The number of aryl methyl sites for hydroxylation is 1. The molecule has 0 N–H and O–H groups in total. The third-order valence-corrected chi connectivity index (χ3v) is 2.52. The summed E-state index contributed by atoms with van der Waals surface area (Å²) in [4.78, 5) is 27.6. The molecular weight excluding hydrogens is 250 g/mol. The van der Waals surface area contributed by atoms with Gasteiger partial charge in [-0.15, -0.1) is 0 Å². The van der Waals surface area contributed by atoms with Crippen molar-refractivity contribution < 1.29 is 14.5 Å². The van der Waals surface area contributed by atoms with Crippen molar-refractivity contribution in [3.63, 3.8) is 0 Å². The minimum absolute atomic E-state index is 0.0543. The number of hydrogen-bond acceptors (Lipinski definition) is 6. The Balaban J connectivity index is 3.14. The maximum absolute atomic E-state index is 11.4. The SMILES string of the molecule is CCCN(CC(=O)OC)c1ncc(C)cc1[N+](=O)[O-]. The summed E-state index contributed by atoms with van der Waals surface area (Å²) in [5.74, 6) is -0.257. The minimum Gasteiger partial charge on any atom is -0.468 e. The lowest BCUT2D eigenvalue weighted by atomic mass is 10.2. The van der Waals surface area contributed by atoms with Crippen molar-refractivity contribution in [2.75, 3.05) is 25.1 Å². The van der Waals surface area contributed by atoms with Gasteiger partial charge < -0.3 is 9.64 Å². The molecule has 1 heterocycles. The average Bonchev–Trinajstić information content (AvgIpc) is 2.38. The molecule has 0 amide bonds. The van der Waals surface area contributed by atoms with Crippen LogP contribution in [0.5, 0.6) is 0 Å². The monoisotopic (exact) mass is 267 g/mol. The van der Waals surface area contributed by atoms with E-state index in [-0.39, 0.29) is 18.1 Å². The average molecular weight is 267 g/mol. The Labute approximate surface area is 111 Å². The van der Waals surface area contributed by atoms with Gasteiger partial charge in [-0.05, 0) is 18.9 Å². The fourth-order valence-corrected chi connectivity index (χ4v) is 1.67. The Morgan fingerprint density at radius 3 is 2.79 bits per heavy atom. The van der Waals surface area contributed by atoms with Crippen LogP contribution in [-0.2, 0) is 9.53 Å². The van der Waals surface area contributed by atoms with Gasteiger partial charge in [-0.3, -0.25) is 14.9 Å². The highest BCUT2D eigenvalue weighted by atomic mass is 16.6. The van der Waals surface area contributed by atoms with Crippen LogP contribution in [0.1, 0.15) is 18.9 Å². The van der Waals surface area contributed by atoms with Crippen LogP contribution in [0.3, 0.4) is 0 Å². The molecule has 104 valence electrons. The zero-order valence-corrected chi connectivity index (χ0v) is 11.3. The highest BCUT2D eigenvalue weighted by Crippen LogP contribution is 2.26. The van der Waals surface area contributed by atoms with Crippen LogP contribution in [0.2, 0.25) is 0 Å². The van der Waals surface area contributed by atoms with E-state index in [0.717, 1.165) is 6.42 Å². The molecule has 0 aromatic carbocycles. The molecule has 7 nitrogen and oxygen atoms in total. The number of nitrogens with zero attached hydrogens (tertiary/aromatic N) is 3. The van der Waals surface area contributed by atoms with E-state index in [4.69, 9.17) is 0 Å². The molecule has 0 aliphatic rings. The number of hydrogen-bond donors (Lipinski definition) is 0. The van der Waals surface area contributed by atoms with Crippen LogP contribution < -0.4 is 4.90 Å². The van der Waals surface area contributed by atoms with Crippen molar-refractivity contribution in [3.05, 3.63) is 27.9 Å². The number of carbonyl (C=O) groups excluding carboxylic acids is 1. The van der Waals surface area contributed by atoms with E-state index in [2.05, 4.69) is 9.72 Å². The topological polar surface area (TPSA) is 85.6 Å². The molecule has 1 aromatic rings. The summed E-state index contributed by atoms with van der Waals surface area (Å²) >= 11 is 0. The van der Waals surface area contributed by atoms with Crippen LogP contribution in [0.15, 0.2) is 12.3 Å².